The van der Waals surface area contributed by atoms with Gasteiger partial charge in [0.2, 0.25) is 0 Å². The molecule has 0 saturated heterocycles. The summed E-state index contributed by atoms with van der Waals surface area (Å²) in [7, 11) is 1.68. The molecule has 2 aromatic heterocycles. The lowest BCUT2D eigenvalue weighted by Gasteiger charge is -2.05. The van der Waals surface area contributed by atoms with Crippen LogP contribution < -0.4 is 4.74 Å². The average Bonchev–Trinajstić information content (AvgIpc) is 2.48. The Balaban J connectivity index is 1.87. The van der Waals surface area contributed by atoms with Gasteiger partial charge in [0, 0.05) is 24.0 Å². The molecule has 0 amide bonds. The van der Waals surface area contributed by atoms with E-state index in [9.17, 15) is 0 Å². The largest absolute Gasteiger partial charge is 0.497 e. The first-order chi connectivity index (χ1) is 9.35. The number of benzene rings is 1. The fourth-order valence-electron chi connectivity index (χ4n) is 2.09. The lowest BCUT2D eigenvalue weighted by molar-refractivity contribution is 0.414. The Labute approximate surface area is 111 Å². The first kappa shape index (κ1) is 11.7. The van der Waals surface area contributed by atoms with Crippen molar-refractivity contribution in [2.24, 2.45) is 0 Å². The highest BCUT2D eigenvalue weighted by molar-refractivity contribution is 5.77. The maximum absolute atomic E-state index is 5.16. The van der Waals surface area contributed by atoms with E-state index in [0.29, 0.717) is 0 Å². The summed E-state index contributed by atoms with van der Waals surface area (Å²) in [5, 5.41) is 1.08. The summed E-state index contributed by atoms with van der Waals surface area (Å²) in [6.07, 6.45) is 6.40. The number of hydrogen-bond donors (Lipinski definition) is 0. The fourth-order valence-corrected chi connectivity index (χ4v) is 2.09. The smallest absolute Gasteiger partial charge is 0.118 e. The second kappa shape index (κ2) is 5.06. The number of ether oxygens (including phenoxy) is 1. The van der Waals surface area contributed by atoms with Gasteiger partial charge in [0.05, 0.1) is 12.6 Å². The van der Waals surface area contributed by atoms with E-state index >= 15 is 0 Å². The number of rotatable bonds is 3. The van der Waals surface area contributed by atoms with Gasteiger partial charge in [0.1, 0.15) is 5.75 Å². The van der Waals surface area contributed by atoms with Crippen LogP contribution in [0.2, 0.25) is 0 Å². The molecule has 0 fully saturated rings. The molecule has 0 spiro atoms. The topological polar surface area (TPSA) is 35.0 Å². The van der Waals surface area contributed by atoms with Gasteiger partial charge in [0.25, 0.3) is 0 Å². The molecular weight excluding hydrogens is 236 g/mol. The van der Waals surface area contributed by atoms with Gasteiger partial charge in [-0.15, -0.1) is 0 Å². The van der Waals surface area contributed by atoms with Crippen molar-refractivity contribution < 1.29 is 4.74 Å². The molecule has 3 aromatic rings. The van der Waals surface area contributed by atoms with E-state index < -0.39 is 0 Å². The van der Waals surface area contributed by atoms with Crippen molar-refractivity contribution in [2.75, 3.05) is 7.11 Å². The lowest BCUT2D eigenvalue weighted by Crippen LogP contribution is -1.91. The number of nitrogens with zero attached hydrogens (tertiary/aromatic N) is 2. The zero-order valence-electron chi connectivity index (χ0n) is 10.7. The number of pyridine rings is 2. The molecule has 2 heterocycles. The second-order valence-corrected chi connectivity index (χ2v) is 4.44. The van der Waals surface area contributed by atoms with Crippen LogP contribution in [0, 0.1) is 0 Å². The zero-order chi connectivity index (χ0) is 13.1. The fraction of sp³-hybridized carbons (Fsp3) is 0.125. The van der Waals surface area contributed by atoms with Crippen LogP contribution in [0.4, 0.5) is 0 Å². The monoisotopic (exact) mass is 250 g/mol. The predicted octanol–water partition coefficient (Wildman–Crippen LogP) is 3.23. The Morgan fingerprint density at radius 3 is 2.63 bits per heavy atom. The van der Waals surface area contributed by atoms with Gasteiger partial charge < -0.3 is 4.74 Å². The molecule has 0 aliphatic heterocycles. The van der Waals surface area contributed by atoms with E-state index in [1.807, 2.05) is 30.6 Å². The number of fused-ring (bicyclic) bond motifs is 1. The van der Waals surface area contributed by atoms with Crippen LogP contribution in [0.25, 0.3) is 10.9 Å². The summed E-state index contributed by atoms with van der Waals surface area (Å²) >= 11 is 0. The number of aromatic nitrogens is 2. The molecule has 0 unspecified atom stereocenters. The minimum absolute atomic E-state index is 0.863. The molecule has 0 bridgehead atoms. The normalized spacial score (nSPS) is 10.6. The van der Waals surface area contributed by atoms with E-state index in [-0.39, 0.29) is 0 Å². The minimum atomic E-state index is 0.863. The molecule has 0 radical (unpaired) electrons. The Morgan fingerprint density at radius 2 is 1.84 bits per heavy atom. The van der Waals surface area contributed by atoms with E-state index in [0.717, 1.165) is 23.1 Å². The Kier molecular flexibility index (Phi) is 3.11. The van der Waals surface area contributed by atoms with Crippen molar-refractivity contribution in [1.82, 2.24) is 9.97 Å². The Hall–Kier alpha value is -2.42. The maximum Gasteiger partial charge on any atom is 0.118 e. The van der Waals surface area contributed by atoms with Crippen molar-refractivity contribution in [3.05, 3.63) is 66.1 Å². The molecule has 19 heavy (non-hydrogen) atoms. The van der Waals surface area contributed by atoms with Crippen LogP contribution >= 0.6 is 0 Å². The van der Waals surface area contributed by atoms with Crippen LogP contribution in [-0.2, 0) is 6.42 Å². The SMILES string of the molecule is COc1ccc(Cc2cnc3ccncc3c2)cc1. The highest BCUT2D eigenvalue weighted by Gasteiger charge is 2.00. The average molecular weight is 250 g/mol. The van der Waals surface area contributed by atoms with Crippen LogP contribution in [0.3, 0.4) is 0 Å². The molecule has 0 atom stereocenters. The predicted molar refractivity (Wildman–Crippen MR) is 75.3 cm³/mol. The Bertz CT molecular complexity index is 692. The third kappa shape index (κ3) is 2.55. The quantitative estimate of drug-likeness (QED) is 0.715. The first-order valence-electron chi connectivity index (χ1n) is 6.17. The third-order valence-corrected chi connectivity index (χ3v) is 3.11. The van der Waals surface area contributed by atoms with Crippen molar-refractivity contribution >= 4 is 10.9 Å². The van der Waals surface area contributed by atoms with Crippen molar-refractivity contribution in [3.63, 3.8) is 0 Å². The van der Waals surface area contributed by atoms with Gasteiger partial charge >= 0.3 is 0 Å². The molecule has 3 nitrogen and oxygen atoms in total. The Morgan fingerprint density at radius 1 is 1.00 bits per heavy atom. The molecule has 0 aliphatic carbocycles. The number of hydrogen-bond acceptors (Lipinski definition) is 3. The molecular formula is C16H14N2O. The zero-order valence-corrected chi connectivity index (χ0v) is 10.7. The van der Waals surface area contributed by atoms with Crippen LogP contribution in [0.15, 0.2) is 55.0 Å². The highest BCUT2D eigenvalue weighted by Crippen LogP contribution is 2.17. The van der Waals surface area contributed by atoms with Gasteiger partial charge in [-0.25, -0.2) is 0 Å². The molecule has 0 N–H and O–H groups in total. The summed E-state index contributed by atoms with van der Waals surface area (Å²) < 4.78 is 5.16. The molecule has 3 heteroatoms. The van der Waals surface area contributed by atoms with E-state index in [1.165, 1.54) is 11.1 Å². The molecule has 3 rings (SSSR count). The standard InChI is InChI=1S/C16H14N2O/c1-19-15-4-2-12(3-5-15)8-13-9-14-11-17-7-6-16(14)18-10-13/h2-7,9-11H,8H2,1H3. The highest BCUT2D eigenvalue weighted by atomic mass is 16.5. The minimum Gasteiger partial charge on any atom is -0.497 e. The second-order valence-electron chi connectivity index (χ2n) is 4.44. The van der Waals surface area contributed by atoms with E-state index in [1.54, 1.807) is 13.3 Å². The van der Waals surface area contributed by atoms with E-state index in [2.05, 4.69) is 28.2 Å². The summed E-state index contributed by atoms with van der Waals surface area (Å²) in [5.41, 5.74) is 3.41. The molecule has 0 aliphatic rings. The van der Waals surface area contributed by atoms with Gasteiger partial charge in [-0.3, -0.25) is 9.97 Å². The van der Waals surface area contributed by atoms with Gasteiger partial charge in [-0.2, -0.15) is 0 Å². The van der Waals surface area contributed by atoms with Crippen LogP contribution in [0.5, 0.6) is 5.75 Å². The summed E-state index contributed by atoms with van der Waals surface area (Å²) in [4.78, 5) is 8.57. The lowest BCUT2D eigenvalue weighted by atomic mass is 10.1. The molecule has 94 valence electrons. The summed E-state index contributed by atoms with van der Waals surface area (Å²) in [6.45, 7) is 0. The van der Waals surface area contributed by atoms with Gasteiger partial charge in [-0.1, -0.05) is 12.1 Å². The van der Waals surface area contributed by atoms with Crippen molar-refractivity contribution in [3.8, 4) is 5.75 Å². The maximum atomic E-state index is 5.16. The van der Waals surface area contributed by atoms with Gasteiger partial charge in [0.15, 0.2) is 0 Å². The first-order valence-corrected chi connectivity index (χ1v) is 6.17. The number of methoxy groups -OCH3 is 1. The van der Waals surface area contributed by atoms with Crippen LogP contribution in [0.1, 0.15) is 11.1 Å². The molecule has 0 saturated carbocycles. The molecule has 1 aromatic carbocycles. The van der Waals surface area contributed by atoms with Crippen LogP contribution in [-0.4, -0.2) is 17.1 Å². The van der Waals surface area contributed by atoms with Gasteiger partial charge in [-0.05, 0) is 41.8 Å². The van der Waals surface area contributed by atoms with E-state index in [4.69, 9.17) is 4.74 Å². The van der Waals surface area contributed by atoms with Crippen molar-refractivity contribution in [2.45, 2.75) is 6.42 Å². The summed E-state index contributed by atoms with van der Waals surface area (Å²) in [5.74, 6) is 0.879. The summed E-state index contributed by atoms with van der Waals surface area (Å²) in [6, 6.07) is 12.2. The van der Waals surface area contributed by atoms with Crippen molar-refractivity contribution in [1.29, 1.82) is 0 Å². The third-order valence-electron chi connectivity index (χ3n) is 3.11.